The van der Waals surface area contributed by atoms with E-state index < -0.39 is 0 Å². The molecule has 1 N–H and O–H groups in total. The fourth-order valence-electron chi connectivity index (χ4n) is 0.769. The summed E-state index contributed by atoms with van der Waals surface area (Å²) in [6.45, 7) is 5.76. The van der Waals surface area contributed by atoms with Crippen LogP contribution in [0.1, 0.15) is 0 Å². The number of ether oxygens (including phenoxy) is 1. The maximum Gasteiger partial charge on any atom is 0.236 e. The average Bonchev–Trinajstić information content (AvgIpc) is 2.14. The van der Waals surface area contributed by atoms with Gasteiger partial charge in [-0.15, -0.1) is 6.58 Å². The summed E-state index contributed by atoms with van der Waals surface area (Å²) in [7, 11) is 3.38. The number of carbonyl (C=O) groups excluding carboxylic acids is 1. The second-order valence-electron chi connectivity index (χ2n) is 2.73. The largest absolute Gasteiger partial charge is 0.383 e. The molecular formula is C9H18N2O2. The molecule has 0 aromatic carbocycles. The predicted octanol–water partition coefficient (Wildman–Crippen LogP) is -0.133. The number of nitrogens with zero attached hydrogens (tertiary/aromatic N) is 1. The van der Waals surface area contributed by atoms with Crippen LogP contribution in [0, 0.1) is 0 Å². The molecular weight excluding hydrogens is 168 g/mol. The van der Waals surface area contributed by atoms with E-state index >= 15 is 0 Å². The smallest absolute Gasteiger partial charge is 0.236 e. The summed E-state index contributed by atoms with van der Waals surface area (Å²) in [5, 5.41) is 2.94. The minimum atomic E-state index is 0.0684. The third-order valence-electron chi connectivity index (χ3n) is 1.62. The molecule has 0 spiro atoms. The van der Waals surface area contributed by atoms with Crippen LogP contribution in [0.4, 0.5) is 0 Å². The van der Waals surface area contributed by atoms with Crippen molar-refractivity contribution in [3.8, 4) is 0 Å². The van der Waals surface area contributed by atoms with E-state index in [4.69, 9.17) is 4.74 Å². The van der Waals surface area contributed by atoms with E-state index in [1.165, 1.54) is 0 Å². The van der Waals surface area contributed by atoms with Crippen LogP contribution in [0.3, 0.4) is 0 Å². The SMILES string of the molecule is C=CCNCC(=O)N(C)CCOC. The first-order valence-electron chi connectivity index (χ1n) is 4.27. The second kappa shape index (κ2) is 7.76. The van der Waals surface area contributed by atoms with Crippen LogP contribution in [-0.4, -0.2) is 51.2 Å². The number of amides is 1. The first-order valence-corrected chi connectivity index (χ1v) is 4.27. The highest BCUT2D eigenvalue weighted by atomic mass is 16.5. The first-order chi connectivity index (χ1) is 6.22. The number of methoxy groups -OCH3 is 1. The molecule has 0 aromatic heterocycles. The zero-order chi connectivity index (χ0) is 10.1. The third kappa shape index (κ3) is 6.31. The molecule has 0 rings (SSSR count). The Morgan fingerprint density at radius 1 is 1.69 bits per heavy atom. The van der Waals surface area contributed by atoms with Crippen LogP contribution < -0.4 is 5.32 Å². The predicted molar refractivity (Wildman–Crippen MR) is 52.6 cm³/mol. The van der Waals surface area contributed by atoms with E-state index in [0.717, 1.165) is 0 Å². The molecule has 4 nitrogen and oxygen atoms in total. The Labute approximate surface area is 79.6 Å². The van der Waals surface area contributed by atoms with Gasteiger partial charge in [-0.2, -0.15) is 0 Å². The molecule has 0 atom stereocenters. The van der Waals surface area contributed by atoms with Gasteiger partial charge >= 0.3 is 0 Å². The highest BCUT2D eigenvalue weighted by Crippen LogP contribution is 1.83. The standard InChI is InChI=1S/C9H18N2O2/c1-4-5-10-8-9(12)11(2)6-7-13-3/h4,10H,1,5-8H2,2-3H3. The molecule has 0 aliphatic rings. The maximum atomic E-state index is 11.3. The molecule has 0 fully saturated rings. The molecule has 76 valence electrons. The lowest BCUT2D eigenvalue weighted by Gasteiger charge is -2.16. The quantitative estimate of drug-likeness (QED) is 0.445. The fourth-order valence-corrected chi connectivity index (χ4v) is 0.769. The van der Waals surface area contributed by atoms with E-state index in [9.17, 15) is 4.79 Å². The van der Waals surface area contributed by atoms with Gasteiger partial charge in [0.1, 0.15) is 0 Å². The van der Waals surface area contributed by atoms with Crippen molar-refractivity contribution in [2.45, 2.75) is 0 Å². The summed E-state index contributed by atoms with van der Waals surface area (Å²) in [6, 6.07) is 0. The molecule has 0 unspecified atom stereocenters. The van der Waals surface area contributed by atoms with Crippen molar-refractivity contribution in [3.63, 3.8) is 0 Å². The molecule has 0 aromatic rings. The van der Waals surface area contributed by atoms with Crippen LogP contribution in [0.5, 0.6) is 0 Å². The minimum absolute atomic E-state index is 0.0684. The van der Waals surface area contributed by atoms with Gasteiger partial charge in [-0.3, -0.25) is 4.79 Å². The van der Waals surface area contributed by atoms with E-state index in [0.29, 0.717) is 26.2 Å². The monoisotopic (exact) mass is 186 g/mol. The van der Waals surface area contributed by atoms with Crippen molar-refractivity contribution < 1.29 is 9.53 Å². The number of rotatable bonds is 7. The Kier molecular flexibility index (Phi) is 7.24. The highest BCUT2D eigenvalue weighted by molar-refractivity contribution is 5.77. The lowest BCUT2D eigenvalue weighted by Crippen LogP contribution is -2.37. The molecule has 0 heterocycles. The second-order valence-corrected chi connectivity index (χ2v) is 2.73. The Hall–Kier alpha value is -0.870. The summed E-state index contributed by atoms with van der Waals surface area (Å²) in [6.07, 6.45) is 1.72. The van der Waals surface area contributed by atoms with E-state index in [1.54, 1.807) is 25.1 Å². The Morgan fingerprint density at radius 2 is 2.38 bits per heavy atom. The summed E-state index contributed by atoms with van der Waals surface area (Å²) < 4.78 is 4.86. The van der Waals surface area contributed by atoms with Gasteiger partial charge in [-0.25, -0.2) is 0 Å². The molecule has 0 aliphatic carbocycles. The molecule has 0 aliphatic heterocycles. The van der Waals surface area contributed by atoms with Gasteiger partial charge in [0.25, 0.3) is 0 Å². The van der Waals surface area contributed by atoms with Gasteiger partial charge in [0.15, 0.2) is 0 Å². The normalized spacial score (nSPS) is 9.69. The third-order valence-corrected chi connectivity index (χ3v) is 1.62. The number of hydrogen-bond donors (Lipinski definition) is 1. The molecule has 0 bridgehead atoms. The van der Waals surface area contributed by atoms with Gasteiger partial charge in [-0.05, 0) is 0 Å². The summed E-state index contributed by atoms with van der Waals surface area (Å²) in [5.74, 6) is 0.0684. The van der Waals surface area contributed by atoms with Crippen molar-refractivity contribution in [2.24, 2.45) is 0 Å². The van der Waals surface area contributed by atoms with Gasteiger partial charge in [-0.1, -0.05) is 6.08 Å². The summed E-state index contributed by atoms with van der Waals surface area (Å²) in [5.41, 5.74) is 0. The Bertz CT molecular complexity index is 160. The molecule has 0 radical (unpaired) electrons. The van der Waals surface area contributed by atoms with Gasteiger partial charge in [0.05, 0.1) is 13.2 Å². The van der Waals surface area contributed by atoms with Gasteiger partial charge in [0, 0.05) is 27.2 Å². The van der Waals surface area contributed by atoms with Gasteiger partial charge < -0.3 is 15.0 Å². The molecule has 0 saturated carbocycles. The van der Waals surface area contributed by atoms with E-state index in [2.05, 4.69) is 11.9 Å². The summed E-state index contributed by atoms with van der Waals surface area (Å²) >= 11 is 0. The number of carbonyl (C=O) groups is 1. The van der Waals surface area contributed by atoms with Crippen molar-refractivity contribution in [1.82, 2.24) is 10.2 Å². The van der Waals surface area contributed by atoms with Crippen LogP contribution in [0.2, 0.25) is 0 Å². The zero-order valence-corrected chi connectivity index (χ0v) is 8.38. The topological polar surface area (TPSA) is 41.6 Å². The number of likely N-dealkylation sites (N-methyl/N-ethyl adjacent to an activating group) is 1. The number of hydrogen-bond acceptors (Lipinski definition) is 3. The first kappa shape index (κ1) is 12.1. The van der Waals surface area contributed by atoms with Crippen molar-refractivity contribution >= 4 is 5.91 Å². The van der Waals surface area contributed by atoms with Crippen LogP contribution in [0.25, 0.3) is 0 Å². The molecule has 13 heavy (non-hydrogen) atoms. The number of nitrogens with one attached hydrogen (secondary N) is 1. The lowest BCUT2D eigenvalue weighted by atomic mass is 10.4. The van der Waals surface area contributed by atoms with Crippen LogP contribution in [-0.2, 0) is 9.53 Å². The van der Waals surface area contributed by atoms with E-state index in [-0.39, 0.29) is 5.91 Å². The fraction of sp³-hybridized carbons (Fsp3) is 0.667. The van der Waals surface area contributed by atoms with E-state index in [1.807, 2.05) is 0 Å². The Morgan fingerprint density at radius 3 is 2.92 bits per heavy atom. The lowest BCUT2D eigenvalue weighted by molar-refractivity contribution is -0.129. The molecule has 1 amide bonds. The minimum Gasteiger partial charge on any atom is -0.383 e. The van der Waals surface area contributed by atoms with Crippen molar-refractivity contribution in [1.29, 1.82) is 0 Å². The molecule has 0 saturated heterocycles. The maximum absolute atomic E-state index is 11.3. The average molecular weight is 186 g/mol. The highest BCUT2D eigenvalue weighted by Gasteiger charge is 2.05. The molecule has 4 heteroatoms. The van der Waals surface area contributed by atoms with Crippen LogP contribution >= 0.6 is 0 Å². The summed E-state index contributed by atoms with van der Waals surface area (Å²) in [4.78, 5) is 12.9. The Balaban J connectivity index is 3.50. The van der Waals surface area contributed by atoms with Crippen molar-refractivity contribution in [3.05, 3.63) is 12.7 Å². The van der Waals surface area contributed by atoms with Crippen LogP contribution in [0.15, 0.2) is 12.7 Å². The van der Waals surface area contributed by atoms with Crippen molar-refractivity contribution in [2.75, 3.05) is 40.4 Å². The van der Waals surface area contributed by atoms with Gasteiger partial charge in [0.2, 0.25) is 5.91 Å². The zero-order valence-electron chi connectivity index (χ0n) is 8.38.